The van der Waals surface area contributed by atoms with Crippen molar-refractivity contribution in [1.82, 2.24) is 40.0 Å². The van der Waals surface area contributed by atoms with Crippen molar-refractivity contribution in [2.45, 2.75) is 69.8 Å². The SMILES string of the molecule is CC(C)(COP(=O)(O)OP(=O)(O)OCC1OC(n2cnc3c(N)ncnc32)C(O)C1OP(=O)(O)O)C(O)C(=O)NCCC(=O)NCCSC(=O)c1cn(C2CC2)c2cc(N3CCNCC3)c(F)cc2c1=O. The van der Waals surface area contributed by atoms with Gasteiger partial charge in [0.2, 0.25) is 22.4 Å². The third-order valence-electron chi connectivity index (χ3n) is 11.5. The van der Waals surface area contributed by atoms with Crippen molar-refractivity contribution in [3.05, 3.63) is 52.6 Å². The van der Waals surface area contributed by atoms with Gasteiger partial charge in [-0.1, -0.05) is 25.6 Å². The van der Waals surface area contributed by atoms with Crippen LogP contribution in [-0.2, 0) is 45.9 Å². The number of rotatable bonds is 22. The molecule has 3 fully saturated rings. The number of pyridine rings is 1. The van der Waals surface area contributed by atoms with E-state index < -0.39 is 101 Å². The first-order valence-corrected chi connectivity index (χ1v) is 27.3. The van der Waals surface area contributed by atoms with Gasteiger partial charge in [0.25, 0.3) is 0 Å². The summed E-state index contributed by atoms with van der Waals surface area (Å²) in [5.41, 5.74) is 4.43. The van der Waals surface area contributed by atoms with Gasteiger partial charge >= 0.3 is 23.5 Å². The summed E-state index contributed by atoms with van der Waals surface area (Å²) in [6.45, 7) is 2.68. The van der Waals surface area contributed by atoms with Crippen molar-refractivity contribution in [3.63, 3.8) is 0 Å². The first kappa shape index (κ1) is 54.5. The minimum Gasteiger partial charge on any atom is -0.386 e. The van der Waals surface area contributed by atoms with Gasteiger partial charge in [-0.25, -0.2) is 33.0 Å². The number of aliphatic hydroxyl groups is 2. The van der Waals surface area contributed by atoms with E-state index in [9.17, 15) is 62.7 Å². The number of halogens is 1. The van der Waals surface area contributed by atoms with E-state index in [2.05, 4.69) is 39.7 Å². The number of fused-ring (bicyclic) bond motifs is 2. The Balaban J connectivity index is 0.838. The lowest BCUT2D eigenvalue weighted by Crippen LogP contribution is -2.46. The molecule has 7 rings (SSSR count). The van der Waals surface area contributed by atoms with Crippen molar-refractivity contribution < 1.29 is 84.9 Å². The van der Waals surface area contributed by atoms with E-state index in [4.69, 9.17) is 19.5 Å². The summed E-state index contributed by atoms with van der Waals surface area (Å²) in [6, 6.07) is 2.93. The van der Waals surface area contributed by atoms with Crippen molar-refractivity contribution in [3.8, 4) is 0 Å². The third kappa shape index (κ3) is 13.5. The number of hydrogen-bond acceptors (Lipinski definition) is 21. The fraction of sp³-hybridized carbons (Fsp3) is 0.553. The third-order valence-corrected chi connectivity index (χ3v) is 15.4. The molecular formula is C38H52FN10O18P3S. The highest BCUT2D eigenvalue weighted by molar-refractivity contribution is 8.14. The van der Waals surface area contributed by atoms with Crippen molar-refractivity contribution in [2.75, 3.05) is 68.9 Å². The molecule has 33 heteroatoms. The molecule has 0 radical (unpaired) electrons. The van der Waals surface area contributed by atoms with Crippen LogP contribution in [0.2, 0.25) is 0 Å². The molecule has 0 spiro atoms. The molecule has 3 aromatic heterocycles. The lowest BCUT2D eigenvalue weighted by Gasteiger charge is -2.30. The molecule has 7 atom stereocenters. The van der Waals surface area contributed by atoms with Crippen LogP contribution in [0.1, 0.15) is 55.7 Å². The number of ether oxygens (including phenoxy) is 1. The molecule has 1 saturated carbocycles. The Kier molecular flexibility index (Phi) is 16.9. The van der Waals surface area contributed by atoms with Crippen molar-refractivity contribution in [2.24, 2.45) is 5.41 Å². The molecule has 2 saturated heterocycles. The number of imidazole rings is 1. The molecule has 11 N–H and O–H groups in total. The minimum atomic E-state index is -5.62. The average molecular weight is 1080 g/mol. The van der Waals surface area contributed by atoms with Gasteiger partial charge in [0.05, 0.1) is 36.3 Å². The standard InChI is InChI=1S/C38H52FN10O18P3S/c1-38(2,17-64-70(61,62)67-69(59,60)63-16-26-31(66-68(56,57)58)30(52)36(65-26)49-19-46-28-33(40)44-18-45-34(28)49)32(53)35(54)43-6-5-27(50)42-9-12-71-37(55)22-15-48(20-3-4-20)24-14-25(47-10-7-41-8-11-47)23(39)13-21(24)29(22)51/h13-15,18-20,26,30-32,36,41,52-53H,3-12,16-17H2,1-2H3,(H,42,50)(H,43,54)(H,59,60)(H,61,62)(H2,40,44,45)(H2,56,57,58). The zero-order valence-electron chi connectivity index (χ0n) is 37.8. The average Bonchev–Trinajstić information content (AvgIpc) is 3.99. The van der Waals surface area contributed by atoms with Crippen LogP contribution in [-0.4, -0.2) is 153 Å². The largest absolute Gasteiger partial charge is 0.481 e. The number of piperazine rings is 1. The van der Waals surface area contributed by atoms with E-state index in [0.29, 0.717) is 37.4 Å². The molecule has 1 aliphatic carbocycles. The molecule has 0 bridgehead atoms. The van der Waals surface area contributed by atoms with Crippen LogP contribution in [0.3, 0.4) is 0 Å². The number of anilines is 2. The quantitative estimate of drug-likeness (QED) is 0.0370. The number of phosphoric acid groups is 3. The Hall–Kier alpha value is -4.32. The topological polar surface area (TPSA) is 401 Å². The highest BCUT2D eigenvalue weighted by Crippen LogP contribution is 2.61. The summed E-state index contributed by atoms with van der Waals surface area (Å²) in [5.74, 6) is -2.12. The number of carbonyl (C=O) groups is 3. The molecule has 3 aliphatic rings. The van der Waals surface area contributed by atoms with Gasteiger partial charge in [-0.05, 0) is 25.0 Å². The van der Waals surface area contributed by atoms with Crippen LogP contribution in [0.4, 0.5) is 15.9 Å². The van der Waals surface area contributed by atoms with Crippen molar-refractivity contribution >= 4 is 85.7 Å². The maximum atomic E-state index is 15.3. The Morgan fingerprint density at radius 3 is 2.42 bits per heavy atom. The van der Waals surface area contributed by atoms with E-state index in [0.717, 1.165) is 41.8 Å². The van der Waals surface area contributed by atoms with Crippen LogP contribution in [0.25, 0.3) is 22.1 Å². The van der Waals surface area contributed by atoms with Gasteiger partial charge in [-0.15, -0.1) is 0 Å². The molecular weight excluding hydrogens is 1030 g/mol. The highest BCUT2D eigenvalue weighted by Gasteiger charge is 2.50. The number of aromatic nitrogens is 5. The first-order valence-electron chi connectivity index (χ1n) is 21.7. The fourth-order valence-corrected chi connectivity index (χ4v) is 11.2. The minimum absolute atomic E-state index is 0.00179. The van der Waals surface area contributed by atoms with Crippen molar-refractivity contribution in [1.29, 1.82) is 0 Å². The highest BCUT2D eigenvalue weighted by atomic mass is 32.2. The fourth-order valence-electron chi connectivity index (χ4n) is 7.66. The summed E-state index contributed by atoms with van der Waals surface area (Å²) in [4.78, 5) is 105. The molecule has 1 aromatic carbocycles. The molecule has 2 aliphatic heterocycles. The second-order valence-electron chi connectivity index (χ2n) is 17.3. The second kappa shape index (κ2) is 22.0. The van der Waals surface area contributed by atoms with Crippen LogP contribution >= 0.6 is 35.2 Å². The van der Waals surface area contributed by atoms with Crippen LogP contribution < -0.4 is 32.0 Å². The molecule has 28 nitrogen and oxygen atoms in total. The van der Waals surface area contributed by atoms with Crippen LogP contribution in [0.15, 0.2) is 35.8 Å². The number of hydrogen-bond donors (Lipinski definition) is 10. The van der Waals surface area contributed by atoms with E-state index in [1.165, 1.54) is 26.1 Å². The number of amides is 2. The van der Waals surface area contributed by atoms with E-state index in [-0.39, 0.29) is 59.2 Å². The number of nitrogens with one attached hydrogen (secondary N) is 3. The van der Waals surface area contributed by atoms with Gasteiger partial charge < -0.3 is 65.7 Å². The number of aliphatic hydroxyl groups excluding tert-OH is 2. The maximum absolute atomic E-state index is 15.3. The van der Waals surface area contributed by atoms with E-state index in [1.54, 1.807) is 6.07 Å². The summed E-state index contributed by atoms with van der Waals surface area (Å²) < 4.78 is 79.7. The molecule has 2 amide bonds. The predicted molar refractivity (Wildman–Crippen MR) is 248 cm³/mol. The Morgan fingerprint density at radius 1 is 1.03 bits per heavy atom. The van der Waals surface area contributed by atoms with Gasteiger partial charge in [-0.2, -0.15) is 4.31 Å². The molecule has 390 valence electrons. The van der Waals surface area contributed by atoms with E-state index in [1.807, 2.05) is 9.47 Å². The Morgan fingerprint density at radius 2 is 1.73 bits per heavy atom. The normalized spacial score (nSPS) is 22.0. The van der Waals surface area contributed by atoms with Gasteiger partial charge in [-0.3, -0.25) is 37.3 Å². The summed E-state index contributed by atoms with van der Waals surface area (Å²) in [5, 5.41) is 29.3. The number of benzene rings is 1. The number of nitrogens with zero attached hydrogens (tertiary/aromatic N) is 6. The smallest absolute Gasteiger partial charge is 0.386 e. The van der Waals surface area contributed by atoms with Crippen LogP contribution in [0.5, 0.6) is 0 Å². The number of carbonyl (C=O) groups excluding carboxylic acids is 3. The lowest BCUT2D eigenvalue weighted by atomic mass is 9.87. The number of phosphoric ester groups is 3. The zero-order valence-corrected chi connectivity index (χ0v) is 41.3. The summed E-state index contributed by atoms with van der Waals surface area (Å²) in [7, 11) is -16.5. The monoisotopic (exact) mass is 1080 g/mol. The van der Waals surface area contributed by atoms with Gasteiger partial charge in [0, 0.05) is 74.5 Å². The second-order valence-corrected chi connectivity index (χ2v) is 22.6. The number of thioether (sulfide) groups is 1. The predicted octanol–water partition coefficient (Wildman–Crippen LogP) is 0.177. The van der Waals surface area contributed by atoms with Crippen LogP contribution in [0, 0.1) is 11.2 Å². The van der Waals surface area contributed by atoms with Gasteiger partial charge in [0.1, 0.15) is 42.1 Å². The molecule has 71 heavy (non-hydrogen) atoms. The maximum Gasteiger partial charge on any atom is 0.481 e. The summed E-state index contributed by atoms with van der Waals surface area (Å²) in [6.07, 6.45) is -4.00. The van der Waals surface area contributed by atoms with E-state index >= 15 is 4.39 Å². The molecule has 7 unspecified atom stereocenters. The number of nitrogens with two attached hydrogens (primary N) is 1. The van der Waals surface area contributed by atoms with Gasteiger partial charge in [0.15, 0.2) is 17.7 Å². The summed E-state index contributed by atoms with van der Waals surface area (Å²) >= 11 is 0.795. The Labute approximate surface area is 406 Å². The number of nitrogen functional groups attached to an aromatic ring is 1. The first-order chi connectivity index (χ1) is 33.3. The molecule has 4 aromatic rings. The molecule has 5 heterocycles. The Bertz CT molecular complexity index is 2860. The lowest BCUT2D eigenvalue weighted by molar-refractivity contribution is -0.137. The zero-order chi connectivity index (χ0) is 51.6.